The van der Waals surface area contributed by atoms with E-state index in [0.717, 1.165) is 25.4 Å². The van der Waals surface area contributed by atoms with Crippen LogP contribution < -0.4 is 15.4 Å². The van der Waals surface area contributed by atoms with E-state index in [-0.39, 0.29) is 11.8 Å². The molecular formula is C19H32N4O3S. The van der Waals surface area contributed by atoms with E-state index in [2.05, 4.69) is 32.7 Å². The third-order valence-corrected chi connectivity index (χ3v) is 5.78. The number of guanidine groups is 1. The van der Waals surface area contributed by atoms with Gasteiger partial charge in [-0.2, -0.15) is 0 Å². The molecule has 152 valence electrons. The lowest BCUT2D eigenvalue weighted by Gasteiger charge is -2.29. The van der Waals surface area contributed by atoms with Crippen molar-refractivity contribution in [3.8, 4) is 5.75 Å². The lowest BCUT2D eigenvalue weighted by atomic mass is 10.1. The number of nitrogens with zero attached hydrogens (tertiary/aromatic N) is 2. The van der Waals surface area contributed by atoms with E-state index in [1.54, 1.807) is 14.2 Å². The van der Waals surface area contributed by atoms with Gasteiger partial charge in [-0.15, -0.1) is 0 Å². The van der Waals surface area contributed by atoms with Gasteiger partial charge in [0.1, 0.15) is 15.6 Å². The Morgan fingerprint density at radius 2 is 1.89 bits per heavy atom. The van der Waals surface area contributed by atoms with Gasteiger partial charge in [-0.3, -0.25) is 9.89 Å². The van der Waals surface area contributed by atoms with Crippen LogP contribution in [0.5, 0.6) is 5.75 Å². The Morgan fingerprint density at radius 3 is 2.44 bits per heavy atom. The van der Waals surface area contributed by atoms with Gasteiger partial charge in [0.15, 0.2) is 5.96 Å². The van der Waals surface area contributed by atoms with Crippen molar-refractivity contribution in [2.24, 2.45) is 4.99 Å². The predicted molar refractivity (Wildman–Crippen MR) is 110 cm³/mol. The van der Waals surface area contributed by atoms with Crippen LogP contribution in [-0.4, -0.2) is 71.6 Å². The summed E-state index contributed by atoms with van der Waals surface area (Å²) in [5.41, 5.74) is 1.25. The first-order chi connectivity index (χ1) is 12.9. The molecule has 0 amide bonds. The lowest BCUT2D eigenvalue weighted by Crippen LogP contribution is -2.43. The first-order valence-corrected chi connectivity index (χ1v) is 11.5. The molecule has 1 aromatic rings. The number of ether oxygens (including phenoxy) is 1. The van der Waals surface area contributed by atoms with Gasteiger partial charge in [-0.1, -0.05) is 12.1 Å². The summed E-state index contributed by atoms with van der Waals surface area (Å²) in [5.74, 6) is 1.73. The fourth-order valence-electron chi connectivity index (χ4n) is 3.29. The Balaban J connectivity index is 1.93. The molecule has 1 aromatic carbocycles. The zero-order valence-corrected chi connectivity index (χ0v) is 17.4. The third kappa shape index (κ3) is 7.38. The monoisotopic (exact) mass is 396 g/mol. The third-order valence-electron chi connectivity index (χ3n) is 4.75. The molecule has 0 radical (unpaired) electrons. The number of rotatable bonds is 9. The fraction of sp³-hybridized carbons (Fsp3) is 0.632. The number of hydrogen-bond donors (Lipinski definition) is 2. The predicted octanol–water partition coefficient (Wildman–Crippen LogP) is 1.43. The van der Waals surface area contributed by atoms with Gasteiger partial charge in [0.2, 0.25) is 0 Å². The molecule has 0 bridgehead atoms. The number of sulfone groups is 1. The summed E-state index contributed by atoms with van der Waals surface area (Å²) in [7, 11) is 0.476. The Morgan fingerprint density at radius 1 is 1.22 bits per heavy atom. The summed E-state index contributed by atoms with van der Waals surface area (Å²) < 4.78 is 27.7. The van der Waals surface area contributed by atoms with Crippen molar-refractivity contribution in [1.29, 1.82) is 0 Å². The topological polar surface area (TPSA) is 83.0 Å². The Hall–Kier alpha value is -1.80. The Labute approximate surface area is 163 Å². The molecule has 27 heavy (non-hydrogen) atoms. The van der Waals surface area contributed by atoms with E-state index in [0.29, 0.717) is 18.9 Å². The Kier molecular flexibility index (Phi) is 8.37. The number of likely N-dealkylation sites (tertiary alicyclic amines) is 1. The second kappa shape index (κ2) is 10.5. The molecule has 8 heteroatoms. The minimum absolute atomic E-state index is 0.180. The molecule has 1 aliphatic heterocycles. The van der Waals surface area contributed by atoms with E-state index in [1.165, 1.54) is 24.7 Å². The van der Waals surface area contributed by atoms with Crippen LogP contribution in [0.25, 0.3) is 0 Å². The molecule has 2 N–H and O–H groups in total. The Bertz CT molecular complexity index is 698. The van der Waals surface area contributed by atoms with Crippen molar-refractivity contribution in [3.05, 3.63) is 29.8 Å². The zero-order chi connectivity index (χ0) is 19.7. The minimum atomic E-state index is -2.92. The average molecular weight is 397 g/mol. The zero-order valence-electron chi connectivity index (χ0n) is 16.6. The highest BCUT2D eigenvalue weighted by Gasteiger charge is 2.23. The number of methoxy groups -OCH3 is 1. The summed E-state index contributed by atoms with van der Waals surface area (Å²) in [4.78, 5) is 6.74. The smallest absolute Gasteiger partial charge is 0.191 e. The fourth-order valence-corrected chi connectivity index (χ4v) is 3.96. The maximum absolute atomic E-state index is 11.2. The molecule has 0 saturated carbocycles. The van der Waals surface area contributed by atoms with Crippen molar-refractivity contribution in [3.63, 3.8) is 0 Å². The molecular weight excluding hydrogens is 364 g/mol. The maximum atomic E-state index is 11.2. The normalized spacial score (nSPS) is 16.9. The van der Waals surface area contributed by atoms with Crippen LogP contribution >= 0.6 is 0 Å². The van der Waals surface area contributed by atoms with Crippen LogP contribution in [0.3, 0.4) is 0 Å². The number of hydrogen-bond acceptors (Lipinski definition) is 5. The SMILES string of the molecule is CN=C(NCCCS(C)(=O)=O)NCC(c1ccc(OC)cc1)N1CCCC1. The van der Waals surface area contributed by atoms with Crippen molar-refractivity contribution < 1.29 is 13.2 Å². The average Bonchev–Trinajstić information content (AvgIpc) is 3.17. The first-order valence-electron chi connectivity index (χ1n) is 9.43. The lowest BCUT2D eigenvalue weighted by molar-refractivity contribution is 0.245. The molecule has 0 spiro atoms. The van der Waals surface area contributed by atoms with Gasteiger partial charge >= 0.3 is 0 Å². The van der Waals surface area contributed by atoms with Gasteiger partial charge in [0.05, 0.1) is 18.9 Å². The highest BCUT2D eigenvalue weighted by atomic mass is 32.2. The van der Waals surface area contributed by atoms with Crippen LogP contribution in [0.1, 0.15) is 30.9 Å². The molecule has 0 aromatic heterocycles. The van der Waals surface area contributed by atoms with E-state index in [9.17, 15) is 8.42 Å². The van der Waals surface area contributed by atoms with Crippen LogP contribution in [0.15, 0.2) is 29.3 Å². The number of nitrogens with one attached hydrogen (secondary N) is 2. The summed E-state index contributed by atoms with van der Waals surface area (Å²) in [6, 6.07) is 8.48. The second-order valence-corrected chi connectivity index (χ2v) is 9.16. The molecule has 1 unspecified atom stereocenters. The van der Waals surface area contributed by atoms with Crippen molar-refractivity contribution in [1.82, 2.24) is 15.5 Å². The van der Waals surface area contributed by atoms with E-state index in [4.69, 9.17) is 4.74 Å². The number of benzene rings is 1. The molecule has 7 nitrogen and oxygen atoms in total. The van der Waals surface area contributed by atoms with Crippen LogP contribution in [0, 0.1) is 0 Å². The van der Waals surface area contributed by atoms with Gasteiger partial charge < -0.3 is 15.4 Å². The molecule has 2 rings (SSSR count). The minimum Gasteiger partial charge on any atom is -0.497 e. The van der Waals surface area contributed by atoms with Crippen molar-refractivity contribution >= 4 is 15.8 Å². The molecule has 1 saturated heterocycles. The quantitative estimate of drug-likeness (QED) is 0.373. The number of aliphatic imine (C=N–C) groups is 1. The van der Waals surface area contributed by atoms with Gasteiger partial charge in [-0.25, -0.2) is 8.42 Å². The van der Waals surface area contributed by atoms with Gasteiger partial charge in [0.25, 0.3) is 0 Å². The first kappa shape index (κ1) is 21.5. The van der Waals surface area contributed by atoms with Crippen LogP contribution in [-0.2, 0) is 9.84 Å². The summed E-state index contributed by atoms with van der Waals surface area (Å²) in [6.07, 6.45) is 4.28. The van der Waals surface area contributed by atoms with E-state index in [1.807, 2.05) is 12.1 Å². The standard InChI is InChI=1S/C19H32N4O3S/c1-20-19(21-11-6-14-27(3,24)25)22-15-18(23-12-4-5-13-23)16-7-9-17(26-2)10-8-16/h7-10,18H,4-6,11-15H2,1-3H3,(H2,20,21,22). The largest absolute Gasteiger partial charge is 0.497 e. The van der Waals surface area contributed by atoms with Crippen LogP contribution in [0.4, 0.5) is 0 Å². The maximum Gasteiger partial charge on any atom is 0.191 e. The van der Waals surface area contributed by atoms with Gasteiger partial charge in [-0.05, 0) is 50.0 Å². The second-order valence-electron chi connectivity index (χ2n) is 6.90. The highest BCUT2D eigenvalue weighted by Crippen LogP contribution is 2.26. The summed E-state index contributed by atoms with van der Waals surface area (Å²) in [6.45, 7) is 3.50. The molecule has 1 heterocycles. The summed E-state index contributed by atoms with van der Waals surface area (Å²) >= 11 is 0. The molecule has 0 aliphatic carbocycles. The van der Waals surface area contributed by atoms with E-state index >= 15 is 0 Å². The molecule has 1 aliphatic rings. The van der Waals surface area contributed by atoms with Crippen molar-refractivity contribution in [2.75, 3.05) is 52.3 Å². The van der Waals surface area contributed by atoms with Gasteiger partial charge in [0, 0.05) is 26.4 Å². The molecule has 1 fully saturated rings. The highest BCUT2D eigenvalue weighted by molar-refractivity contribution is 7.90. The molecule has 1 atom stereocenters. The van der Waals surface area contributed by atoms with Crippen LogP contribution in [0.2, 0.25) is 0 Å². The van der Waals surface area contributed by atoms with E-state index < -0.39 is 9.84 Å². The summed E-state index contributed by atoms with van der Waals surface area (Å²) in [5, 5.41) is 6.58. The van der Waals surface area contributed by atoms with Crippen molar-refractivity contribution in [2.45, 2.75) is 25.3 Å².